The molecule has 0 aliphatic rings. The number of nitrogens with one attached hydrogen (secondary N) is 1. The number of benzene rings is 2. The Balaban J connectivity index is 2.29. The smallest absolute Gasteiger partial charge is 0.313 e. The minimum atomic E-state index is -4.07. The SMILES string of the molecule is Cc1ccc(S(=O)(=O)Nc2ccc(C(C)(C)C(=O)O)cc2)c(F)c1. The summed E-state index contributed by atoms with van der Waals surface area (Å²) >= 11 is 0. The number of hydrogen-bond donors (Lipinski definition) is 2. The van der Waals surface area contributed by atoms with Crippen LogP contribution in [0.15, 0.2) is 47.4 Å². The molecule has 0 radical (unpaired) electrons. The molecule has 128 valence electrons. The van der Waals surface area contributed by atoms with Crippen LogP contribution < -0.4 is 4.72 Å². The number of sulfonamides is 1. The van der Waals surface area contributed by atoms with E-state index in [0.29, 0.717) is 11.1 Å². The van der Waals surface area contributed by atoms with Crippen LogP contribution in [0.4, 0.5) is 10.1 Å². The van der Waals surface area contributed by atoms with Crippen molar-refractivity contribution in [1.82, 2.24) is 0 Å². The quantitative estimate of drug-likeness (QED) is 0.866. The maximum atomic E-state index is 13.9. The monoisotopic (exact) mass is 351 g/mol. The van der Waals surface area contributed by atoms with Gasteiger partial charge in [-0.1, -0.05) is 18.2 Å². The van der Waals surface area contributed by atoms with Crippen LogP contribution in [0.1, 0.15) is 25.0 Å². The molecular formula is C17H18FNO4S. The molecule has 0 saturated carbocycles. The van der Waals surface area contributed by atoms with Crippen molar-refractivity contribution < 1.29 is 22.7 Å². The predicted octanol–water partition coefficient (Wildman–Crippen LogP) is 3.30. The highest BCUT2D eigenvalue weighted by Crippen LogP contribution is 2.26. The van der Waals surface area contributed by atoms with Crippen LogP contribution in [-0.4, -0.2) is 19.5 Å². The van der Waals surface area contributed by atoms with E-state index in [1.54, 1.807) is 20.8 Å². The Bertz CT molecular complexity index is 874. The van der Waals surface area contributed by atoms with E-state index in [2.05, 4.69) is 4.72 Å². The molecule has 0 atom stereocenters. The van der Waals surface area contributed by atoms with Gasteiger partial charge >= 0.3 is 5.97 Å². The number of anilines is 1. The summed E-state index contributed by atoms with van der Waals surface area (Å²) in [5, 5.41) is 9.20. The number of carboxylic acids is 1. The van der Waals surface area contributed by atoms with Gasteiger partial charge in [0.05, 0.1) is 5.41 Å². The third-order valence-electron chi connectivity index (χ3n) is 3.77. The number of halogens is 1. The Labute approximate surface area is 140 Å². The van der Waals surface area contributed by atoms with Crippen LogP contribution in [0.25, 0.3) is 0 Å². The fraction of sp³-hybridized carbons (Fsp3) is 0.235. The Morgan fingerprint density at radius 3 is 2.21 bits per heavy atom. The van der Waals surface area contributed by atoms with Crippen LogP contribution in [-0.2, 0) is 20.2 Å². The number of rotatable bonds is 5. The minimum absolute atomic E-state index is 0.222. The van der Waals surface area contributed by atoms with Gasteiger partial charge in [-0.3, -0.25) is 9.52 Å². The van der Waals surface area contributed by atoms with E-state index in [4.69, 9.17) is 0 Å². The second-order valence-electron chi connectivity index (χ2n) is 6.05. The first-order valence-electron chi connectivity index (χ1n) is 7.17. The van der Waals surface area contributed by atoms with Crippen molar-refractivity contribution in [1.29, 1.82) is 0 Å². The fourth-order valence-electron chi connectivity index (χ4n) is 2.11. The molecule has 0 unspecified atom stereocenters. The van der Waals surface area contributed by atoms with Crippen molar-refractivity contribution in [3.63, 3.8) is 0 Å². The highest BCUT2D eigenvalue weighted by molar-refractivity contribution is 7.92. The fourth-order valence-corrected chi connectivity index (χ4v) is 3.23. The summed E-state index contributed by atoms with van der Waals surface area (Å²) < 4.78 is 40.7. The van der Waals surface area contributed by atoms with Gasteiger partial charge in [0.1, 0.15) is 10.7 Å². The first-order chi connectivity index (χ1) is 11.0. The molecule has 0 saturated heterocycles. The second kappa shape index (κ2) is 6.24. The molecule has 2 aromatic rings. The van der Waals surface area contributed by atoms with Gasteiger partial charge in [-0.2, -0.15) is 0 Å². The number of hydrogen-bond acceptors (Lipinski definition) is 3. The summed E-state index contributed by atoms with van der Waals surface area (Å²) in [6.07, 6.45) is 0. The van der Waals surface area contributed by atoms with E-state index in [9.17, 15) is 22.7 Å². The molecule has 0 heterocycles. The molecule has 5 nitrogen and oxygen atoms in total. The van der Waals surface area contributed by atoms with Crippen LogP contribution in [0, 0.1) is 12.7 Å². The molecule has 2 aromatic carbocycles. The molecule has 2 rings (SSSR count). The number of aryl methyl sites for hydroxylation is 1. The third-order valence-corrected chi connectivity index (χ3v) is 5.18. The molecule has 0 aliphatic carbocycles. The lowest BCUT2D eigenvalue weighted by molar-refractivity contribution is -0.142. The highest BCUT2D eigenvalue weighted by Gasteiger charge is 2.29. The van der Waals surface area contributed by atoms with Gasteiger partial charge in [0.25, 0.3) is 10.0 Å². The largest absolute Gasteiger partial charge is 0.481 e. The lowest BCUT2D eigenvalue weighted by Gasteiger charge is -2.20. The molecule has 0 fully saturated rings. The third kappa shape index (κ3) is 3.56. The average molecular weight is 351 g/mol. The van der Waals surface area contributed by atoms with Crippen molar-refractivity contribution in [2.75, 3.05) is 4.72 Å². The minimum Gasteiger partial charge on any atom is -0.481 e. The van der Waals surface area contributed by atoms with Gasteiger partial charge in [0.2, 0.25) is 0 Å². The molecule has 2 N–H and O–H groups in total. The van der Waals surface area contributed by atoms with Gasteiger partial charge in [-0.25, -0.2) is 12.8 Å². The first-order valence-corrected chi connectivity index (χ1v) is 8.65. The summed E-state index contributed by atoms with van der Waals surface area (Å²) in [5.74, 6) is -1.82. The van der Waals surface area contributed by atoms with Crippen LogP contribution in [0.3, 0.4) is 0 Å². The molecule has 7 heteroatoms. The average Bonchev–Trinajstić information content (AvgIpc) is 2.46. The number of carbonyl (C=O) groups is 1. The summed E-state index contributed by atoms with van der Waals surface area (Å²) in [7, 11) is -4.07. The lowest BCUT2D eigenvalue weighted by Crippen LogP contribution is -2.28. The van der Waals surface area contributed by atoms with Crippen molar-refractivity contribution in [3.8, 4) is 0 Å². The zero-order valence-electron chi connectivity index (χ0n) is 13.5. The summed E-state index contributed by atoms with van der Waals surface area (Å²) in [6.45, 7) is 4.77. The van der Waals surface area contributed by atoms with Gasteiger partial charge in [-0.15, -0.1) is 0 Å². The second-order valence-corrected chi connectivity index (χ2v) is 7.70. The van der Waals surface area contributed by atoms with Crippen molar-refractivity contribution in [2.24, 2.45) is 0 Å². The Morgan fingerprint density at radius 1 is 1.12 bits per heavy atom. The first kappa shape index (κ1) is 17.9. The molecule has 0 spiro atoms. The van der Waals surface area contributed by atoms with Crippen LogP contribution in [0.2, 0.25) is 0 Å². The maximum Gasteiger partial charge on any atom is 0.313 e. The zero-order chi connectivity index (χ0) is 18.1. The van der Waals surface area contributed by atoms with Gasteiger partial charge in [-0.05, 0) is 56.2 Å². The Morgan fingerprint density at radius 2 is 1.71 bits per heavy atom. The summed E-state index contributed by atoms with van der Waals surface area (Å²) in [5.41, 5.74) is 0.270. The predicted molar refractivity (Wildman–Crippen MR) is 89.0 cm³/mol. The van der Waals surface area contributed by atoms with E-state index in [0.717, 1.165) is 6.07 Å². The highest BCUT2D eigenvalue weighted by atomic mass is 32.2. The van der Waals surface area contributed by atoms with E-state index < -0.39 is 32.1 Å². The summed E-state index contributed by atoms with van der Waals surface area (Å²) in [6, 6.07) is 9.81. The lowest BCUT2D eigenvalue weighted by atomic mass is 9.85. The van der Waals surface area contributed by atoms with E-state index in [1.807, 2.05) is 0 Å². The molecule has 0 aliphatic heterocycles. The van der Waals surface area contributed by atoms with Crippen molar-refractivity contribution in [3.05, 3.63) is 59.4 Å². The van der Waals surface area contributed by atoms with Gasteiger partial charge in [0.15, 0.2) is 0 Å². The van der Waals surface area contributed by atoms with E-state index >= 15 is 0 Å². The van der Waals surface area contributed by atoms with E-state index in [1.165, 1.54) is 36.4 Å². The molecule has 0 bridgehead atoms. The maximum absolute atomic E-state index is 13.9. The standard InChI is InChI=1S/C17H18FNO4S/c1-11-4-9-15(14(18)10-11)24(22,23)19-13-7-5-12(6-8-13)17(2,3)16(20)21/h4-10,19H,1-3H3,(H,20,21). The van der Waals surface area contributed by atoms with Gasteiger partial charge < -0.3 is 5.11 Å². The molecule has 0 aromatic heterocycles. The van der Waals surface area contributed by atoms with Crippen molar-refractivity contribution in [2.45, 2.75) is 31.1 Å². The molecule has 24 heavy (non-hydrogen) atoms. The van der Waals surface area contributed by atoms with E-state index in [-0.39, 0.29) is 5.69 Å². The molecule has 0 amide bonds. The van der Waals surface area contributed by atoms with Crippen LogP contribution >= 0.6 is 0 Å². The zero-order valence-corrected chi connectivity index (χ0v) is 14.3. The number of aliphatic carboxylic acids is 1. The van der Waals surface area contributed by atoms with Gasteiger partial charge in [0, 0.05) is 5.69 Å². The Kier molecular flexibility index (Phi) is 4.66. The van der Waals surface area contributed by atoms with Crippen molar-refractivity contribution >= 4 is 21.7 Å². The topological polar surface area (TPSA) is 83.5 Å². The Hall–Kier alpha value is -2.41. The normalized spacial score (nSPS) is 12.0. The molecular weight excluding hydrogens is 333 g/mol. The number of carboxylic acid groups (broad SMARTS) is 1. The van der Waals surface area contributed by atoms with Crippen LogP contribution in [0.5, 0.6) is 0 Å². The summed E-state index contributed by atoms with van der Waals surface area (Å²) in [4.78, 5) is 10.8.